The normalized spacial score (nSPS) is 15.3. The number of alkyl carbamates (subject to hydrolysis) is 1. The molecular weight excluding hydrogens is 298 g/mol. The fraction of sp³-hybridized carbons (Fsp3) is 0.857. The summed E-state index contributed by atoms with van der Waals surface area (Å²) in [5.41, 5.74) is 0. The van der Waals surface area contributed by atoms with Crippen LogP contribution in [0.3, 0.4) is 0 Å². The van der Waals surface area contributed by atoms with Crippen LogP contribution in [0, 0.1) is 0 Å². The predicted octanol–water partition coefficient (Wildman–Crippen LogP) is 1.83. The number of ether oxygens (including phenoxy) is 1. The number of aliphatic hydroxyl groups excluding tert-OH is 1. The number of amides is 1. The van der Waals surface area contributed by atoms with E-state index in [-0.39, 0.29) is 0 Å². The number of alkyl halides is 8. The van der Waals surface area contributed by atoms with E-state index < -0.39 is 36.5 Å². The molecule has 0 rings (SSSR count). The van der Waals surface area contributed by atoms with Crippen LogP contribution in [0.15, 0.2) is 0 Å². The summed E-state index contributed by atoms with van der Waals surface area (Å²) >= 11 is 0. The third-order valence-electron chi connectivity index (χ3n) is 1.89. The lowest BCUT2D eigenvalue weighted by atomic mass is 10.0. The number of methoxy groups -OCH3 is 1. The van der Waals surface area contributed by atoms with Crippen LogP contribution >= 0.6 is 0 Å². The van der Waals surface area contributed by atoms with E-state index in [0.717, 1.165) is 0 Å². The van der Waals surface area contributed by atoms with Gasteiger partial charge in [0, 0.05) is 0 Å². The van der Waals surface area contributed by atoms with E-state index in [4.69, 9.17) is 5.11 Å². The van der Waals surface area contributed by atoms with Crippen molar-refractivity contribution in [3.63, 3.8) is 0 Å². The first-order valence-electron chi connectivity index (χ1n) is 4.26. The highest BCUT2D eigenvalue weighted by Gasteiger charge is 2.77. The number of carbonyl (C=O) groups is 1. The molecule has 0 aliphatic carbocycles. The Morgan fingerprint density at radius 2 is 1.53 bits per heavy atom. The van der Waals surface area contributed by atoms with Crippen LogP contribution in [0.4, 0.5) is 39.9 Å². The summed E-state index contributed by atoms with van der Waals surface area (Å²) in [6, 6.07) is 0. The van der Waals surface area contributed by atoms with Crippen molar-refractivity contribution in [2.24, 2.45) is 0 Å². The third kappa shape index (κ3) is 2.98. The van der Waals surface area contributed by atoms with E-state index >= 15 is 0 Å². The van der Waals surface area contributed by atoms with Gasteiger partial charge in [-0.25, -0.2) is 13.6 Å². The van der Waals surface area contributed by atoms with Crippen LogP contribution in [0.1, 0.15) is 0 Å². The Balaban J connectivity index is 5.32. The summed E-state index contributed by atoms with van der Waals surface area (Å²) < 4.78 is 103. The molecule has 1 amide bonds. The average molecular weight is 305 g/mol. The lowest BCUT2D eigenvalue weighted by molar-refractivity contribution is -0.357. The summed E-state index contributed by atoms with van der Waals surface area (Å²) in [6.07, 6.45) is -10.8. The van der Waals surface area contributed by atoms with Crippen molar-refractivity contribution in [3.8, 4) is 0 Å². The smallest absolute Gasteiger partial charge is 0.409 e. The summed E-state index contributed by atoms with van der Waals surface area (Å²) in [4.78, 5) is 10.4. The molecule has 0 heterocycles. The van der Waals surface area contributed by atoms with Crippen molar-refractivity contribution >= 4 is 6.09 Å². The van der Waals surface area contributed by atoms with Crippen LogP contribution in [0.25, 0.3) is 0 Å². The van der Waals surface area contributed by atoms with Crippen molar-refractivity contribution < 1.29 is 49.8 Å². The van der Waals surface area contributed by atoms with E-state index in [9.17, 15) is 39.9 Å². The van der Waals surface area contributed by atoms with Gasteiger partial charge >= 0.3 is 30.3 Å². The fourth-order valence-corrected chi connectivity index (χ4v) is 0.792. The molecule has 0 aromatic rings. The highest BCUT2D eigenvalue weighted by Crippen LogP contribution is 2.49. The summed E-state index contributed by atoms with van der Waals surface area (Å²) in [5, 5.41) is 9.21. The van der Waals surface area contributed by atoms with Gasteiger partial charge in [0.2, 0.25) is 6.23 Å². The molecule has 19 heavy (non-hydrogen) atoms. The summed E-state index contributed by atoms with van der Waals surface area (Å²) in [5.74, 6) is -19.1. The number of halogens is 8. The molecule has 0 aromatic heterocycles. The van der Waals surface area contributed by atoms with Gasteiger partial charge in [-0.2, -0.15) is 26.3 Å². The molecule has 0 aliphatic heterocycles. The Labute approximate surface area is 99.9 Å². The van der Waals surface area contributed by atoms with Gasteiger partial charge in [0.15, 0.2) is 0 Å². The minimum absolute atomic E-state index is 0.589. The number of nitrogens with one attached hydrogen (secondary N) is 1. The predicted molar refractivity (Wildman–Crippen MR) is 42.4 cm³/mol. The standard InChI is InChI=1S/C7H7F8NO3/c1-19-4(18)16-3(17)6(12,13)7(14,15)5(10,11)2(8)9/h2-3,17H,1H3,(H,16,18)/t3-/m1/s1. The molecule has 0 spiro atoms. The monoisotopic (exact) mass is 305 g/mol. The summed E-state index contributed by atoms with van der Waals surface area (Å²) in [7, 11) is 0.589. The van der Waals surface area contributed by atoms with Gasteiger partial charge in [-0.1, -0.05) is 0 Å². The Bertz CT molecular complexity index is 334. The van der Waals surface area contributed by atoms with E-state index in [1.54, 1.807) is 0 Å². The first kappa shape index (κ1) is 17.7. The number of rotatable bonds is 5. The molecule has 0 bridgehead atoms. The number of carbonyl (C=O) groups excluding carboxylic acids is 1. The first-order valence-corrected chi connectivity index (χ1v) is 4.26. The molecule has 0 aromatic carbocycles. The number of hydrogen-bond donors (Lipinski definition) is 2. The maximum Gasteiger partial charge on any atom is 0.409 e. The SMILES string of the molecule is COC(=O)N[C@H](O)C(F)(F)C(F)(F)C(F)(F)C(F)F. The molecule has 114 valence electrons. The molecule has 1 atom stereocenters. The van der Waals surface area contributed by atoms with Crippen LogP contribution in [0.2, 0.25) is 0 Å². The second-order valence-corrected chi connectivity index (χ2v) is 3.16. The van der Waals surface area contributed by atoms with Gasteiger partial charge in [-0.15, -0.1) is 0 Å². The van der Waals surface area contributed by atoms with Gasteiger partial charge < -0.3 is 9.84 Å². The maximum absolute atomic E-state index is 12.9. The van der Waals surface area contributed by atoms with Crippen molar-refractivity contribution in [1.82, 2.24) is 5.32 Å². The Morgan fingerprint density at radius 3 is 1.84 bits per heavy atom. The highest BCUT2D eigenvalue weighted by molar-refractivity contribution is 5.67. The molecule has 12 heteroatoms. The molecular formula is C7H7F8NO3. The molecule has 0 radical (unpaired) electrons. The molecule has 0 saturated heterocycles. The minimum atomic E-state index is -6.62. The second kappa shape index (κ2) is 5.35. The summed E-state index contributed by atoms with van der Waals surface area (Å²) in [6.45, 7) is 0. The van der Waals surface area contributed by atoms with Crippen LogP contribution in [-0.2, 0) is 4.74 Å². The lowest BCUT2D eigenvalue weighted by Crippen LogP contribution is -2.65. The average Bonchev–Trinajstić information content (AvgIpc) is 2.27. The maximum atomic E-state index is 12.9. The molecule has 0 unspecified atom stereocenters. The van der Waals surface area contributed by atoms with Crippen molar-refractivity contribution in [3.05, 3.63) is 0 Å². The first-order chi connectivity index (χ1) is 8.32. The minimum Gasteiger partial charge on any atom is -0.453 e. The van der Waals surface area contributed by atoms with Crippen molar-refractivity contribution in [2.45, 2.75) is 30.4 Å². The lowest BCUT2D eigenvalue weighted by Gasteiger charge is -2.34. The van der Waals surface area contributed by atoms with Gasteiger partial charge in [-0.3, -0.25) is 5.32 Å². The van der Waals surface area contributed by atoms with E-state index in [1.807, 2.05) is 0 Å². The molecule has 0 fully saturated rings. The molecule has 4 nitrogen and oxygen atoms in total. The zero-order valence-corrected chi connectivity index (χ0v) is 8.94. The Morgan fingerprint density at radius 1 is 1.11 bits per heavy atom. The van der Waals surface area contributed by atoms with Gasteiger partial charge in [-0.05, 0) is 0 Å². The molecule has 0 saturated carbocycles. The Kier molecular flexibility index (Phi) is 4.97. The van der Waals surface area contributed by atoms with Gasteiger partial charge in [0.05, 0.1) is 7.11 Å². The van der Waals surface area contributed by atoms with Gasteiger partial charge in [0.1, 0.15) is 0 Å². The zero-order valence-electron chi connectivity index (χ0n) is 8.94. The van der Waals surface area contributed by atoms with Crippen molar-refractivity contribution in [2.75, 3.05) is 7.11 Å². The van der Waals surface area contributed by atoms with E-state index in [1.165, 1.54) is 0 Å². The van der Waals surface area contributed by atoms with Crippen LogP contribution in [-0.4, -0.2) is 48.7 Å². The van der Waals surface area contributed by atoms with Crippen LogP contribution in [0.5, 0.6) is 0 Å². The van der Waals surface area contributed by atoms with Gasteiger partial charge in [0.25, 0.3) is 0 Å². The van der Waals surface area contributed by atoms with Crippen molar-refractivity contribution in [1.29, 1.82) is 0 Å². The number of hydrogen-bond acceptors (Lipinski definition) is 3. The third-order valence-corrected chi connectivity index (χ3v) is 1.89. The quantitative estimate of drug-likeness (QED) is 0.602. The van der Waals surface area contributed by atoms with Crippen LogP contribution < -0.4 is 5.32 Å². The zero-order chi connectivity index (χ0) is 15.6. The number of aliphatic hydroxyl groups is 1. The topological polar surface area (TPSA) is 58.6 Å². The van der Waals surface area contributed by atoms with E-state index in [0.29, 0.717) is 12.4 Å². The van der Waals surface area contributed by atoms with E-state index in [2.05, 4.69) is 4.74 Å². The largest absolute Gasteiger partial charge is 0.453 e. The Hall–Kier alpha value is -1.33. The second-order valence-electron chi connectivity index (χ2n) is 3.16. The fourth-order valence-electron chi connectivity index (χ4n) is 0.792. The highest BCUT2D eigenvalue weighted by atomic mass is 19.4. The molecule has 0 aliphatic rings. The molecule has 2 N–H and O–H groups in total.